The Morgan fingerprint density at radius 3 is 2.67 bits per heavy atom. The molecule has 0 aliphatic rings. The van der Waals surface area contributed by atoms with Crippen molar-refractivity contribution in [2.75, 3.05) is 6.61 Å². The van der Waals surface area contributed by atoms with E-state index in [1.165, 1.54) is 30.9 Å². The Hall–Kier alpha value is -3.55. The normalized spacial score (nSPS) is 12.4. The van der Waals surface area contributed by atoms with Crippen molar-refractivity contribution in [1.29, 1.82) is 0 Å². The van der Waals surface area contributed by atoms with E-state index in [-0.39, 0.29) is 18.1 Å². The first-order chi connectivity index (χ1) is 13.2. The number of hydrogen-bond donors (Lipinski definition) is 0. The third-order valence-corrected chi connectivity index (χ3v) is 3.46. The third kappa shape index (κ3) is 4.55. The van der Waals surface area contributed by atoms with Gasteiger partial charge in [0.05, 0.1) is 0 Å². The van der Waals surface area contributed by atoms with Gasteiger partial charge < -0.3 is 9.57 Å². The lowest BCUT2D eigenvalue weighted by Crippen LogP contribution is -2.17. The SMILES string of the molecule is C=CCON=C(c1ccc(Oc2ccccc2F)cc1)C(F)n1cncn1. The summed E-state index contributed by atoms with van der Waals surface area (Å²) >= 11 is 0. The van der Waals surface area contributed by atoms with Gasteiger partial charge in [-0.2, -0.15) is 5.10 Å². The van der Waals surface area contributed by atoms with E-state index < -0.39 is 12.1 Å². The van der Waals surface area contributed by atoms with Gasteiger partial charge in [-0.15, -0.1) is 0 Å². The highest BCUT2D eigenvalue weighted by molar-refractivity contribution is 6.02. The number of benzene rings is 2. The molecule has 0 aliphatic carbocycles. The lowest BCUT2D eigenvalue weighted by Gasteiger charge is -2.12. The van der Waals surface area contributed by atoms with Crippen molar-refractivity contribution in [2.24, 2.45) is 5.16 Å². The van der Waals surface area contributed by atoms with E-state index in [2.05, 4.69) is 21.8 Å². The highest BCUT2D eigenvalue weighted by Crippen LogP contribution is 2.25. The van der Waals surface area contributed by atoms with Crippen molar-refractivity contribution < 1.29 is 18.4 Å². The first-order valence-corrected chi connectivity index (χ1v) is 8.01. The fraction of sp³-hybridized carbons (Fsp3) is 0.105. The molecule has 0 saturated heterocycles. The average Bonchev–Trinajstić information content (AvgIpc) is 3.22. The van der Waals surface area contributed by atoms with Crippen LogP contribution in [0.5, 0.6) is 11.5 Å². The quantitative estimate of drug-likeness (QED) is 0.257. The van der Waals surface area contributed by atoms with Crippen molar-refractivity contribution in [3.05, 3.63) is 85.2 Å². The number of rotatable bonds is 8. The third-order valence-electron chi connectivity index (χ3n) is 3.46. The molecule has 0 spiro atoms. The lowest BCUT2D eigenvalue weighted by molar-refractivity contribution is 0.168. The van der Waals surface area contributed by atoms with Gasteiger partial charge in [-0.1, -0.05) is 29.9 Å². The molecule has 1 aromatic heterocycles. The maximum absolute atomic E-state index is 14.8. The molecule has 0 saturated carbocycles. The summed E-state index contributed by atoms with van der Waals surface area (Å²) < 4.78 is 35.0. The second-order valence-corrected chi connectivity index (χ2v) is 5.33. The molecule has 0 radical (unpaired) electrons. The van der Waals surface area contributed by atoms with E-state index in [9.17, 15) is 8.78 Å². The summed E-state index contributed by atoms with van der Waals surface area (Å²) in [6.45, 7) is 3.65. The van der Waals surface area contributed by atoms with Gasteiger partial charge in [-0.05, 0) is 36.4 Å². The number of nitrogens with zero attached hydrogens (tertiary/aromatic N) is 4. The fourth-order valence-corrected chi connectivity index (χ4v) is 2.20. The summed E-state index contributed by atoms with van der Waals surface area (Å²) in [5, 5.41) is 7.63. The standard InChI is InChI=1S/C19H16F2N4O2/c1-2-11-26-24-18(19(21)25-13-22-12-23-25)14-7-9-15(10-8-14)27-17-6-4-3-5-16(17)20/h2-10,12-13,19H,1,11H2. The van der Waals surface area contributed by atoms with Crippen LogP contribution in [0.1, 0.15) is 11.9 Å². The maximum atomic E-state index is 14.8. The molecule has 1 unspecified atom stereocenters. The van der Waals surface area contributed by atoms with Crippen LogP contribution in [-0.2, 0) is 4.84 Å². The molecule has 8 heteroatoms. The molecule has 3 aromatic rings. The number of halogens is 2. The minimum atomic E-state index is -1.70. The van der Waals surface area contributed by atoms with E-state index >= 15 is 0 Å². The van der Waals surface area contributed by atoms with Crippen LogP contribution in [-0.4, -0.2) is 27.1 Å². The Morgan fingerprint density at radius 1 is 1.22 bits per heavy atom. The molecule has 0 N–H and O–H groups in total. The summed E-state index contributed by atoms with van der Waals surface area (Å²) in [5.74, 6) is 0.0162. The summed E-state index contributed by atoms with van der Waals surface area (Å²) in [6.07, 6.45) is 2.26. The predicted molar refractivity (Wildman–Crippen MR) is 95.8 cm³/mol. The molecule has 0 amide bonds. The van der Waals surface area contributed by atoms with Crippen LogP contribution < -0.4 is 4.74 Å². The van der Waals surface area contributed by atoms with Gasteiger partial charge in [0.2, 0.25) is 6.30 Å². The highest BCUT2D eigenvalue weighted by atomic mass is 19.1. The largest absolute Gasteiger partial charge is 0.454 e. The Labute approximate surface area is 154 Å². The van der Waals surface area contributed by atoms with Crippen molar-refractivity contribution in [1.82, 2.24) is 14.8 Å². The van der Waals surface area contributed by atoms with Crippen LogP contribution in [0.25, 0.3) is 0 Å². The number of ether oxygens (including phenoxy) is 1. The van der Waals surface area contributed by atoms with E-state index in [0.717, 1.165) is 4.68 Å². The molecule has 0 fully saturated rings. The van der Waals surface area contributed by atoms with Gasteiger partial charge in [0.15, 0.2) is 11.6 Å². The molecule has 0 bridgehead atoms. The molecular weight excluding hydrogens is 354 g/mol. The molecule has 2 aromatic carbocycles. The Kier molecular flexibility index (Phi) is 5.88. The van der Waals surface area contributed by atoms with Crippen LogP contribution >= 0.6 is 0 Å². The zero-order valence-corrected chi connectivity index (χ0v) is 14.2. The Morgan fingerprint density at radius 2 is 2.00 bits per heavy atom. The van der Waals surface area contributed by atoms with Gasteiger partial charge in [0, 0.05) is 5.56 Å². The van der Waals surface area contributed by atoms with Crippen LogP contribution in [0.2, 0.25) is 0 Å². The van der Waals surface area contributed by atoms with Crippen molar-refractivity contribution in [3.8, 4) is 11.5 Å². The minimum Gasteiger partial charge on any atom is -0.454 e. The van der Waals surface area contributed by atoms with E-state index in [1.54, 1.807) is 36.4 Å². The van der Waals surface area contributed by atoms with Crippen LogP contribution in [0, 0.1) is 5.82 Å². The number of aromatic nitrogens is 3. The zero-order chi connectivity index (χ0) is 19.1. The zero-order valence-electron chi connectivity index (χ0n) is 14.2. The number of oxime groups is 1. The van der Waals surface area contributed by atoms with Crippen LogP contribution in [0.4, 0.5) is 8.78 Å². The topological polar surface area (TPSA) is 61.5 Å². The second-order valence-electron chi connectivity index (χ2n) is 5.33. The van der Waals surface area contributed by atoms with Crippen molar-refractivity contribution in [3.63, 3.8) is 0 Å². The Balaban J connectivity index is 1.83. The first-order valence-electron chi connectivity index (χ1n) is 8.01. The Bertz CT molecular complexity index is 912. The second kappa shape index (κ2) is 8.70. The molecule has 1 heterocycles. The van der Waals surface area contributed by atoms with Crippen molar-refractivity contribution in [2.45, 2.75) is 6.30 Å². The summed E-state index contributed by atoms with van der Waals surface area (Å²) in [5.41, 5.74) is 0.447. The summed E-state index contributed by atoms with van der Waals surface area (Å²) in [4.78, 5) is 8.78. The van der Waals surface area contributed by atoms with E-state index in [1.807, 2.05) is 0 Å². The molecule has 138 valence electrons. The molecule has 3 rings (SSSR count). The van der Waals surface area contributed by atoms with E-state index in [0.29, 0.717) is 11.3 Å². The molecule has 6 nitrogen and oxygen atoms in total. The first kappa shape index (κ1) is 18.2. The summed E-state index contributed by atoms with van der Waals surface area (Å²) in [7, 11) is 0. The van der Waals surface area contributed by atoms with Gasteiger partial charge in [-0.3, -0.25) is 0 Å². The molecule has 27 heavy (non-hydrogen) atoms. The summed E-state index contributed by atoms with van der Waals surface area (Å²) in [6, 6.07) is 12.4. The van der Waals surface area contributed by atoms with Gasteiger partial charge in [0.25, 0.3) is 0 Å². The fourth-order valence-electron chi connectivity index (χ4n) is 2.20. The number of hydrogen-bond acceptors (Lipinski definition) is 5. The number of alkyl halides is 1. The smallest absolute Gasteiger partial charge is 0.239 e. The average molecular weight is 370 g/mol. The lowest BCUT2D eigenvalue weighted by atomic mass is 10.1. The maximum Gasteiger partial charge on any atom is 0.239 e. The van der Waals surface area contributed by atoms with Crippen LogP contribution in [0.15, 0.2) is 79.0 Å². The predicted octanol–water partition coefficient (Wildman–Crippen LogP) is 4.28. The van der Waals surface area contributed by atoms with Gasteiger partial charge >= 0.3 is 0 Å². The van der Waals surface area contributed by atoms with E-state index in [4.69, 9.17) is 9.57 Å². The highest BCUT2D eigenvalue weighted by Gasteiger charge is 2.21. The van der Waals surface area contributed by atoms with Gasteiger partial charge in [-0.25, -0.2) is 18.4 Å². The molecular formula is C19H16F2N4O2. The monoisotopic (exact) mass is 370 g/mol. The van der Waals surface area contributed by atoms with Gasteiger partial charge in [0.1, 0.15) is 30.7 Å². The van der Waals surface area contributed by atoms with Crippen LogP contribution in [0.3, 0.4) is 0 Å². The number of para-hydroxylation sites is 1. The van der Waals surface area contributed by atoms with Crippen molar-refractivity contribution >= 4 is 5.71 Å². The molecule has 0 aliphatic heterocycles. The minimum absolute atomic E-state index is 0.000193. The molecule has 1 atom stereocenters.